The molecule has 13 heavy (non-hydrogen) atoms. The summed E-state index contributed by atoms with van der Waals surface area (Å²) in [5.74, 6) is 0. The number of benzene rings is 1. The maximum absolute atomic E-state index is 10.6. The molecule has 0 aliphatic heterocycles. The SMILES string of the molecule is C/C=C/c1c(C)cccc1[N+](=O)[O-]. The Balaban J connectivity index is 3.33. The molecule has 0 atom stereocenters. The predicted octanol–water partition coefficient (Wildman–Crippen LogP) is 2.94. The lowest BCUT2D eigenvalue weighted by Crippen LogP contribution is -1.93. The van der Waals surface area contributed by atoms with E-state index in [-0.39, 0.29) is 10.6 Å². The van der Waals surface area contributed by atoms with Crippen LogP contribution < -0.4 is 0 Å². The van der Waals surface area contributed by atoms with Crippen molar-refractivity contribution in [1.82, 2.24) is 0 Å². The Morgan fingerprint density at radius 1 is 1.46 bits per heavy atom. The minimum absolute atomic E-state index is 0.165. The van der Waals surface area contributed by atoms with Crippen LogP contribution in [0.2, 0.25) is 0 Å². The van der Waals surface area contributed by atoms with Gasteiger partial charge in [0.05, 0.1) is 10.5 Å². The Labute approximate surface area is 76.9 Å². The normalized spacial score (nSPS) is 10.6. The van der Waals surface area contributed by atoms with Gasteiger partial charge in [-0.05, 0) is 19.4 Å². The molecule has 0 radical (unpaired) electrons. The molecule has 0 saturated carbocycles. The van der Waals surface area contributed by atoms with Crippen LogP contribution in [0.1, 0.15) is 18.1 Å². The lowest BCUT2D eigenvalue weighted by Gasteiger charge is -2.00. The van der Waals surface area contributed by atoms with Crippen LogP contribution in [0.25, 0.3) is 6.08 Å². The second-order valence-electron chi connectivity index (χ2n) is 2.76. The van der Waals surface area contributed by atoms with Gasteiger partial charge in [0, 0.05) is 6.07 Å². The summed E-state index contributed by atoms with van der Waals surface area (Å²) in [5.41, 5.74) is 1.78. The Hall–Kier alpha value is -1.64. The van der Waals surface area contributed by atoms with Gasteiger partial charge in [0.25, 0.3) is 5.69 Å². The number of aryl methyl sites for hydroxylation is 1. The molecular formula is C10H11NO2. The van der Waals surface area contributed by atoms with Crippen molar-refractivity contribution >= 4 is 11.8 Å². The Kier molecular flexibility index (Phi) is 2.80. The highest BCUT2D eigenvalue weighted by molar-refractivity contribution is 5.63. The number of allylic oxidation sites excluding steroid dienone is 1. The van der Waals surface area contributed by atoms with Gasteiger partial charge in [0.2, 0.25) is 0 Å². The van der Waals surface area contributed by atoms with E-state index in [1.165, 1.54) is 6.07 Å². The summed E-state index contributed by atoms with van der Waals surface area (Å²) in [5, 5.41) is 10.6. The number of nitrogens with zero attached hydrogens (tertiary/aromatic N) is 1. The predicted molar refractivity (Wildman–Crippen MR) is 52.5 cm³/mol. The van der Waals surface area contributed by atoms with E-state index in [4.69, 9.17) is 0 Å². The minimum atomic E-state index is -0.359. The average molecular weight is 177 g/mol. The molecule has 0 fully saturated rings. The quantitative estimate of drug-likeness (QED) is 0.515. The molecule has 1 aromatic carbocycles. The Morgan fingerprint density at radius 3 is 2.69 bits per heavy atom. The number of nitro benzene ring substituents is 1. The summed E-state index contributed by atoms with van der Waals surface area (Å²) >= 11 is 0. The summed E-state index contributed by atoms with van der Waals surface area (Å²) in [6.45, 7) is 3.71. The molecule has 68 valence electrons. The first kappa shape index (κ1) is 9.45. The van der Waals surface area contributed by atoms with Crippen molar-refractivity contribution in [1.29, 1.82) is 0 Å². The van der Waals surface area contributed by atoms with Crippen molar-refractivity contribution in [2.75, 3.05) is 0 Å². The van der Waals surface area contributed by atoms with Gasteiger partial charge < -0.3 is 0 Å². The number of hydrogen-bond donors (Lipinski definition) is 0. The molecule has 3 heteroatoms. The van der Waals surface area contributed by atoms with Crippen molar-refractivity contribution in [3.63, 3.8) is 0 Å². The van der Waals surface area contributed by atoms with Crippen LogP contribution in [0.5, 0.6) is 0 Å². The van der Waals surface area contributed by atoms with Gasteiger partial charge in [-0.25, -0.2) is 0 Å². The van der Waals surface area contributed by atoms with Gasteiger partial charge in [-0.15, -0.1) is 0 Å². The maximum atomic E-state index is 10.6. The molecule has 0 bridgehead atoms. The van der Waals surface area contributed by atoms with E-state index < -0.39 is 0 Å². The number of rotatable bonds is 2. The fourth-order valence-electron chi connectivity index (χ4n) is 1.21. The average Bonchev–Trinajstić information content (AvgIpc) is 2.08. The first-order valence-corrected chi connectivity index (χ1v) is 4.03. The van der Waals surface area contributed by atoms with E-state index in [0.29, 0.717) is 5.56 Å². The lowest BCUT2D eigenvalue weighted by molar-refractivity contribution is -0.385. The first-order chi connectivity index (χ1) is 6.16. The van der Waals surface area contributed by atoms with Crippen LogP contribution in [0, 0.1) is 17.0 Å². The largest absolute Gasteiger partial charge is 0.276 e. The summed E-state index contributed by atoms with van der Waals surface area (Å²) in [7, 11) is 0. The summed E-state index contributed by atoms with van der Waals surface area (Å²) in [6, 6.07) is 5.07. The standard InChI is InChI=1S/C10H11NO2/c1-3-5-9-8(2)6-4-7-10(9)11(12)13/h3-7H,1-2H3/b5-3+. The molecule has 0 saturated heterocycles. The third-order valence-electron chi connectivity index (χ3n) is 1.83. The van der Waals surface area contributed by atoms with Crippen LogP contribution >= 0.6 is 0 Å². The van der Waals surface area contributed by atoms with Gasteiger partial charge in [-0.3, -0.25) is 10.1 Å². The van der Waals surface area contributed by atoms with Crippen molar-refractivity contribution in [2.24, 2.45) is 0 Å². The van der Waals surface area contributed by atoms with E-state index in [1.807, 2.05) is 19.9 Å². The highest BCUT2D eigenvalue weighted by Crippen LogP contribution is 2.22. The molecule has 0 aromatic heterocycles. The van der Waals surface area contributed by atoms with Gasteiger partial charge in [0.1, 0.15) is 0 Å². The fourth-order valence-corrected chi connectivity index (χ4v) is 1.21. The van der Waals surface area contributed by atoms with E-state index in [9.17, 15) is 10.1 Å². The van der Waals surface area contributed by atoms with Gasteiger partial charge in [-0.2, -0.15) is 0 Å². The Morgan fingerprint density at radius 2 is 2.15 bits per heavy atom. The molecule has 0 amide bonds. The van der Waals surface area contributed by atoms with Crippen LogP contribution in [-0.4, -0.2) is 4.92 Å². The van der Waals surface area contributed by atoms with E-state index in [2.05, 4.69) is 0 Å². The topological polar surface area (TPSA) is 43.1 Å². The smallest absolute Gasteiger partial charge is 0.258 e. The second-order valence-corrected chi connectivity index (χ2v) is 2.76. The number of nitro groups is 1. The zero-order valence-corrected chi connectivity index (χ0v) is 7.65. The number of hydrogen-bond acceptors (Lipinski definition) is 2. The molecule has 0 aliphatic rings. The first-order valence-electron chi connectivity index (χ1n) is 4.03. The van der Waals surface area contributed by atoms with E-state index >= 15 is 0 Å². The van der Waals surface area contributed by atoms with Crippen molar-refractivity contribution in [3.8, 4) is 0 Å². The third kappa shape index (κ3) is 1.93. The van der Waals surface area contributed by atoms with Gasteiger partial charge in [-0.1, -0.05) is 24.3 Å². The zero-order chi connectivity index (χ0) is 9.84. The third-order valence-corrected chi connectivity index (χ3v) is 1.83. The molecule has 0 heterocycles. The fraction of sp³-hybridized carbons (Fsp3) is 0.200. The van der Waals surface area contributed by atoms with Crippen molar-refractivity contribution < 1.29 is 4.92 Å². The Bertz CT molecular complexity index is 356. The van der Waals surface area contributed by atoms with Crippen LogP contribution in [0.15, 0.2) is 24.3 Å². The van der Waals surface area contributed by atoms with Crippen molar-refractivity contribution in [3.05, 3.63) is 45.5 Å². The maximum Gasteiger partial charge on any atom is 0.276 e. The molecule has 0 spiro atoms. The highest BCUT2D eigenvalue weighted by Gasteiger charge is 2.11. The zero-order valence-electron chi connectivity index (χ0n) is 7.65. The van der Waals surface area contributed by atoms with Crippen LogP contribution in [0.3, 0.4) is 0 Å². The van der Waals surface area contributed by atoms with Crippen molar-refractivity contribution in [2.45, 2.75) is 13.8 Å². The second kappa shape index (κ2) is 3.85. The molecule has 0 aliphatic carbocycles. The monoisotopic (exact) mass is 177 g/mol. The van der Waals surface area contributed by atoms with Gasteiger partial charge in [0.15, 0.2) is 0 Å². The molecule has 1 aromatic rings. The lowest BCUT2D eigenvalue weighted by atomic mass is 10.1. The minimum Gasteiger partial charge on any atom is -0.258 e. The molecule has 1 rings (SSSR count). The molecule has 3 nitrogen and oxygen atoms in total. The molecule has 0 unspecified atom stereocenters. The summed E-state index contributed by atoms with van der Waals surface area (Å²) in [6.07, 6.45) is 3.56. The molecular weight excluding hydrogens is 166 g/mol. The molecule has 0 N–H and O–H groups in total. The highest BCUT2D eigenvalue weighted by atomic mass is 16.6. The van der Waals surface area contributed by atoms with E-state index in [1.54, 1.807) is 18.2 Å². The van der Waals surface area contributed by atoms with Crippen LogP contribution in [-0.2, 0) is 0 Å². The van der Waals surface area contributed by atoms with Crippen LogP contribution in [0.4, 0.5) is 5.69 Å². The summed E-state index contributed by atoms with van der Waals surface area (Å²) < 4.78 is 0. The summed E-state index contributed by atoms with van der Waals surface area (Å²) in [4.78, 5) is 10.3. The van der Waals surface area contributed by atoms with E-state index in [0.717, 1.165) is 5.56 Å². The van der Waals surface area contributed by atoms with Gasteiger partial charge >= 0.3 is 0 Å².